The second-order valence-electron chi connectivity index (χ2n) is 38.5. The Balaban J connectivity index is 0.0000000995. The fourth-order valence-electron chi connectivity index (χ4n) is 23.8. The van der Waals surface area contributed by atoms with E-state index in [2.05, 4.69) is 384 Å². The van der Waals surface area contributed by atoms with Gasteiger partial charge in [0.1, 0.15) is 22.3 Å². The van der Waals surface area contributed by atoms with Gasteiger partial charge in [-0.1, -0.05) is 275 Å². The Morgan fingerprint density at radius 1 is 0.238 bits per heavy atom. The van der Waals surface area contributed by atoms with Gasteiger partial charge in [-0.3, -0.25) is 0 Å². The molecule has 0 unspecified atom stereocenters. The number of fused-ring (bicyclic) bond motifs is 38. The van der Waals surface area contributed by atoms with Crippen LogP contribution < -0.4 is 0 Å². The van der Waals surface area contributed by atoms with E-state index in [-0.39, 0.29) is 21.7 Å². The van der Waals surface area contributed by atoms with Crippen LogP contribution in [0.25, 0.3) is 250 Å². The zero-order valence-electron chi connectivity index (χ0n) is 70.8. The van der Waals surface area contributed by atoms with Gasteiger partial charge in [0.15, 0.2) is 0 Å². The lowest BCUT2D eigenvalue weighted by atomic mass is 9.76. The van der Waals surface area contributed by atoms with Gasteiger partial charge >= 0.3 is 0 Å². The van der Waals surface area contributed by atoms with Gasteiger partial charge in [-0.2, -0.15) is 0 Å². The van der Waals surface area contributed by atoms with Gasteiger partial charge in [0.25, 0.3) is 0 Å². The molecule has 582 valence electrons. The smallest absolute Gasteiger partial charge is 0.136 e. The van der Waals surface area contributed by atoms with Crippen molar-refractivity contribution in [3.8, 4) is 22.3 Å². The van der Waals surface area contributed by atoms with E-state index in [9.17, 15) is 0 Å². The number of hydrogen-bond donors (Lipinski definition) is 0. The van der Waals surface area contributed by atoms with Crippen molar-refractivity contribution in [2.24, 2.45) is 0 Å². The van der Waals surface area contributed by atoms with E-state index in [4.69, 9.17) is 8.83 Å². The molecule has 2 aliphatic rings. The summed E-state index contributed by atoms with van der Waals surface area (Å²) in [6.07, 6.45) is 4.51. The largest absolute Gasteiger partial charge is 0.456 e. The third-order valence-corrected chi connectivity index (χ3v) is 29.4. The first-order valence-corrected chi connectivity index (χ1v) is 43.9. The number of furan rings is 2. The van der Waals surface area contributed by atoms with Crippen molar-refractivity contribution in [3.63, 3.8) is 0 Å². The van der Waals surface area contributed by atoms with Crippen LogP contribution in [0.5, 0.6) is 0 Å². The molecule has 4 heterocycles. The van der Waals surface area contributed by atoms with Crippen LogP contribution in [0.3, 0.4) is 0 Å². The van der Waals surface area contributed by atoms with Crippen molar-refractivity contribution >= 4 is 227 Å². The van der Waals surface area contributed by atoms with Crippen LogP contribution in [-0.2, 0) is 34.7 Å². The summed E-state index contributed by atoms with van der Waals surface area (Å²) in [7, 11) is 0. The molecule has 22 aromatic carbocycles. The molecule has 26 aromatic rings. The fourth-order valence-corrected chi connectivity index (χ4v) is 23.8. The molecule has 0 bridgehead atoms. The molecule has 0 saturated carbocycles. The first-order valence-electron chi connectivity index (χ1n) is 43.9. The minimum absolute atomic E-state index is 0.0275. The molecule has 0 saturated heterocycles. The highest BCUT2D eigenvalue weighted by Crippen LogP contribution is 2.62. The van der Waals surface area contributed by atoms with E-state index in [1.165, 1.54) is 261 Å². The van der Waals surface area contributed by atoms with Gasteiger partial charge in [-0.05, 0) is 282 Å². The highest BCUT2D eigenvalue weighted by atomic mass is 16.3. The van der Waals surface area contributed by atoms with E-state index >= 15 is 0 Å². The zero-order chi connectivity index (χ0) is 81.9. The molecule has 0 atom stereocenters. The van der Waals surface area contributed by atoms with Crippen molar-refractivity contribution in [3.05, 3.63) is 325 Å². The highest BCUT2D eigenvalue weighted by molar-refractivity contribution is 6.51. The number of nitrogens with zero attached hydrogens (tertiary/aromatic N) is 2. The topological polar surface area (TPSA) is 36.1 Å². The number of rotatable bonds is 2. The molecule has 4 aromatic heterocycles. The van der Waals surface area contributed by atoms with E-state index in [1.807, 2.05) is 0 Å². The lowest BCUT2D eigenvalue weighted by Gasteiger charge is -2.26. The second-order valence-corrected chi connectivity index (χ2v) is 38.5. The summed E-state index contributed by atoms with van der Waals surface area (Å²) in [5, 5.41) is 47.7. The first kappa shape index (κ1) is 70.1. The molecule has 0 spiro atoms. The van der Waals surface area contributed by atoms with Crippen LogP contribution in [0, 0.1) is 0 Å². The summed E-state index contributed by atoms with van der Waals surface area (Å²) < 4.78 is 18.3. The minimum Gasteiger partial charge on any atom is -0.456 e. The van der Waals surface area contributed by atoms with Crippen LogP contribution in [0.2, 0.25) is 0 Å². The lowest BCUT2D eigenvalue weighted by molar-refractivity contribution is 0.590. The number of benzene rings is 22. The Morgan fingerprint density at radius 2 is 0.516 bits per heavy atom. The summed E-state index contributed by atoms with van der Waals surface area (Å²) in [6.45, 7) is 29.7. The van der Waals surface area contributed by atoms with Gasteiger partial charge in [-0.25, -0.2) is 0 Å². The van der Waals surface area contributed by atoms with E-state index in [1.54, 1.807) is 0 Å². The predicted octanol–water partition coefficient (Wildman–Crippen LogP) is 33.6. The Hall–Kier alpha value is -13.8. The monoisotopic (exact) mass is 1560 g/mol. The number of hydrogen-bond acceptors (Lipinski definition) is 2. The molecule has 0 N–H and O–H groups in total. The third kappa shape index (κ3) is 8.96. The predicted molar refractivity (Wildman–Crippen MR) is 525 cm³/mol. The van der Waals surface area contributed by atoms with Crippen LogP contribution >= 0.6 is 0 Å². The summed E-state index contributed by atoms with van der Waals surface area (Å²) in [5.74, 6) is 0. The molecule has 0 amide bonds. The van der Waals surface area contributed by atoms with Gasteiger partial charge in [0.05, 0.1) is 11.0 Å². The van der Waals surface area contributed by atoms with Crippen molar-refractivity contribution in [1.29, 1.82) is 0 Å². The fraction of sp³-hybridized carbons (Fsp3) is 0.153. The van der Waals surface area contributed by atoms with E-state index in [0.29, 0.717) is 0 Å². The van der Waals surface area contributed by atoms with E-state index in [0.717, 1.165) is 35.4 Å². The molecule has 0 fully saturated rings. The quantitative estimate of drug-likeness (QED) is 0.128. The summed E-state index contributed by atoms with van der Waals surface area (Å²) in [6, 6.07) is 105. The standard InChI is InChI=1S/C44H34O2.C42H30.C32H24N2/c1-43(2,3)23-15-17-33-31(19-23)37-35(45-33)21-29-26-12-8-10-14-28(26)40-38-32-20-24(44(4,5)6)16-18-34(32)46-36(38)22-30-25-11-7-9-13-27(25)39(37)41(29)42(30)40;1-41(2)31-19-11-9-17-27(31)35-33(41)21-29-23-13-5-8-16-26(23)38-36-28-18-10-12-20-32(28)42(3,4)34(36)22-30-24-14-6-7-15-25(24)37(35)39(29)40(30)38;1-3-33-15-13-19-17-25-21-9-5-6-10-22(21)26-18-20-14-16-34(4-2)32(20)30-24-12-8-7-11-23(24)29(31(19)33)27(25)28(26)30/h7-22H,1-6H3;5-22H,1-4H3;5-18H,3-4H2,1-2H3. The van der Waals surface area contributed by atoms with Crippen molar-refractivity contribution in [2.45, 2.75) is 118 Å². The maximum Gasteiger partial charge on any atom is 0.136 e. The maximum atomic E-state index is 6.71. The highest BCUT2D eigenvalue weighted by Gasteiger charge is 2.42. The second kappa shape index (κ2) is 24.1. The molecule has 2 aliphatic carbocycles. The molecule has 122 heavy (non-hydrogen) atoms. The summed E-state index contributed by atoms with van der Waals surface area (Å²) >= 11 is 0. The maximum absolute atomic E-state index is 6.71. The molecule has 0 radical (unpaired) electrons. The first-order chi connectivity index (χ1) is 59.3. The Kier molecular flexibility index (Phi) is 13.8. The van der Waals surface area contributed by atoms with Gasteiger partial charge < -0.3 is 18.0 Å². The van der Waals surface area contributed by atoms with Crippen molar-refractivity contribution in [1.82, 2.24) is 9.13 Å². The molecule has 4 heteroatoms. The van der Waals surface area contributed by atoms with Crippen LogP contribution in [-0.4, -0.2) is 9.13 Å². The van der Waals surface area contributed by atoms with Crippen LogP contribution in [0.1, 0.15) is 116 Å². The Bertz CT molecular complexity index is 8660. The van der Waals surface area contributed by atoms with E-state index < -0.39 is 0 Å². The molecule has 0 aliphatic heterocycles. The Labute approximate surface area is 705 Å². The van der Waals surface area contributed by atoms with Gasteiger partial charge in [0.2, 0.25) is 0 Å². The summed E-state index contributed by atoms with van der Waals surface area (Å²) in [5.41, 5.74) is 20.4. The lowest BCUT2D eigenvalue weighted by Crippen LogP contribution is -2.15. The molecular formula is C118H88N2O2. The zero-order valence-corrected chi connectivity index (χ0v) is 70.8. The van der Waals surface area contributed by atoms with Gasteiger partial charge in [0, 0.05) is 101 Å². The summed E-state index contributed by atoms with van der Waals surface area (Å²) in [4.78, 5) is 0. The Morgan fingerprint density at radius 3 is 0.869 bits per heavy atom. The number of aromatic nitrogens is 2. The van der Waals surface area contributed by atoms with Gasteiger partial charge in [-0.15, -0.1) is 0 Å². The van der Waals surface area contributed by atoms with Crippen LogP contribution in [0.15, 0.2) is 300 Å². The molecule has 28 rings (SSSR count). The molecule has 4 nitrogen and oxygen atoms in total. The SMILES string of the molecule is CC(C)(C)c1ccc2oc3cc4c5ccccc5c5c6c(cc7c8ccccc8c(c3c2c1)c4c75)oc1ccc(C(C)(C)C)cc16.CC1(C)c2ccccc2-c2c1cc1c3ccccc3c3c4c(cc5c6ccccc6c2c1c53)C(C)(C)c1ccccc1-4.CCn1ccc2cc3c4ccccc4c4cc5ccn(CC)c5c5c6ccccc6c(c3c45)c21. The van der Waals surface area contributed by atoms with Crippen molar-refractivity contribution < 1.29 is 8.83 Å². The minimum atomic E-state index is -0.0667. The third-order valence-electron chi connectivity index (χ3n) is 29.4. The van der Waals surface area contributed by atoms with Crippen LogP contribution in [0.4, 0.5) is 0 Å². The number of aryl methyl sites for hydroxylation is 2. The normalized spacial score (nSPS) is 14.1. The average Bonchev–Trinajstić information content (AvgIpc) is 1.34. The average molecular weight is 1570 g/mol. The van der Waals surface area contributed by atoms with Crippen molar-refractivity contribution in [2.75, 3.05) is 0 Å². The molecular weight excluding hydrogens is 1480 g/mol.